The molecule has 0 spiro atoms. The van der Waals surface area contributed by atoms with Gasteiger partial charge in [-0.15, -0.1) is 0 Å². The zero-order chi connectivity index (χ0) is 35.3. The minimum atomic E-state index is 0. The van der Waals surface area contributed by atoms with Crippen molar-refractivity contribution in [2.24, 2.45) is 0 Å². The second kappa shape index (κ2) is 13.4. The molecule has 1 radical (unpaired) electrons. The second-order valence-corrected chi connectivity index (χ2v) is 12.9. The first kappa shape index (κ1) is 33.3. The van der Waals surface area contributed by atoms with E-state index in [1.165, 1.54) is 0 Å². The first-order valence-electron chi connectivity index (χ1n) is 17.0. The standard InChI is InChI=1S/C44H34N8.Co/c45-34-12-4-1-9-31(34)41-38-22-21-29(51-38)24-28-18-17-26(49-28)23-27-19-20-30(50-27)25-40-42(32-10-2-5-13-35(32)46)43(33-11-3-6-14-36(33)47)44(41)52(40)39-16-8-7-15-37(39)48;/h1-25,49H,45-48H2;. The molecule has 9 heteroatoms. The van der Waals surface area contributed by atoms with E-state index in [2.05, 4.69) is 15.6 Å². The Morgan fingerprint density at radius 1 is 0.453 bits per heavy atom. The molecule has 4 aromatic carbocycles. The topological polar surface area (TPSA) is 151 Å². The van der Waals surface area contributed by atoms with Crippen molar-refractivity contribution in [3.05, 3.63) is 150 Å². The Morgan fingerprint density at radius 2 is 0.925 bits per heavy atom. The van der Waals surface area contributed by atoms with E-state index in [1.807, 2.05) is 146 Å². The number of nitrogens with two attached hydrogens (primary N) is 4. The number of aromatic amines is 1. The van der Waals surface area contributed by atoms with E-state index in [-0.39, 0.29) is 16.8 Å². The average molecular weight is 734 g/mol. The Morgan fingerprint density at radius 3 is 1.51 bits per heavy atom. The Labute approximate surface area is 316 Å². The van der Waals surface area contributed by atoms with Gasteiger partial charge in [-0.2, -0.15) is 0 Å². The van der Waals surface area contributed by atoms with E-state index in [4.69, 9.17) is 32.9 Å². The predicted molar refractivity (Wildman–Crippen MR) is 218 cm³/mol. The van der Waals surface area contributed by atoms with Gasteiger partial charge in [0.05, 0.1) is 45.2 Å². The number of anilines is 4. The summed E-state index contributed by atoms with van der Waals surface area (Å²) in [7, 11) is 0. The predicted octanol–water partition coefficient (Wildman–Crippen LogP) is 9.45. The summed E-state index contributed by atoms with van der Waals surface area (Å²) in [5.41, 5.74) is 42.4. The molecule has 0 amide bonds. The molecule has 2 aliphatic heterocycles. The summed E-state index contributed by atoms with van der Waals surface area (Å²) in [6.45, 7) is 0. The number of hydrogen-bond donors (Lipinski definition) is 5. The van der Waals surface area contributed by atoms with Crippen LogP contribution in [0, 0.1) is 0 Å². The molecular formula is C44H34CoN8. The van der Waals surface area contributed by atoms with Crippen LogP contribution in [0.5, 0.6) is 0 Å². The fourth-order valence-electron chi connectivity index (χ4n) is 7.21. The van der Waals surface area contributed by atoms with Crippen LogP contribution >= 0.6 is 0 Å². The maximum atomic E-state index is 6.94. The van der Waals surface area contributed by atoms with E-state index in [1.54, 1.807) is 0 Å². The molecule has 53 heavy (non-hydrogen) atoms. The molecule has 8 nitrogen and oxygen atoms in total. The third-order valence-electron chi connectivity index (χ3n) is 9.54. The van der Waals surface area contributed by atoms with Crippen molar-refractivity contribution in [2.75, 3.05) is 22.9 Å². The van der Waals surface area contributed by atoms with E-state index < -0.39 is 0 Å². The number of rotatable bonds is 4. The molecule has 3 aromatic heterocycles. The number of para-hydroxylation sites is 5. The van der Waals surface area contributed by atoms with Gasteiger partial charge in [-0.05, 0) is 85.0 Å². The summed E-state index contributed by atoms with van der Waals surface area (Å²) in [6, 6.07) is 41.7. The molecule has 0 unspecified atom stereocenters. The molecule has 9 N–H and O–H groups in total. The number of hydrogen-bond acceptors (Lipinski definition) is 6. The molecule has 7 aromatic rings. The molecule has 9 rings (SSSR count). The van der Waals surface area contributed by atoms with Crippen LogP contribution in [0.15, 0.2) is 127 Å². The molecule has 259 valence electrons. The second-order valence-electron chi connectivity index (χ2n) is 12.9. The number of benzene rings is 4. The minimum Gasteiger partial charge on any atom is -0.398 e. The van der Waals surface area contributed by atoms with E-state index in [9.17, 15) is 0 Å². The van der Waals surface area contributed by atoms with Crippen molar-refractivity contribution < 1.29 is 16.8 Å². The van der Waals surface area contributed by atoms with Crippen LogP contribution in [0.2, 0.25) is 0 Å². The Hall–Kier alpha value is -6.81. The zero-order valence-electron chi connectivity index (χ0n) is 28.4. The van der Waals surface area contributed by atoms with E-state index in [0.29, 0.717) is 22.7 Å². The molecule has 2 aliphatic rings. The third kappa shape index (κ3) is 5.83. The average Bonchev–Trinajstić information content (AvgIpc) is 3.95. The summed E-state index contributed by atoms with van der Waals surface area (Å²) >= 11 is 0. The first-order valence-corrected chi connectivity index (χ1v) is 17.0. The van der Waals surface area contributed by atoms with Crippen LogP contribution in [0.3, 0.4) is 0 Å². The van der Waals surface area contributed by atoms with Gasteiger partial charge in [-0.1, -0.05) is 66.7 Å². The zero-order valence-corrected chi connectivity index (χ0v) is 29.5. The van der Waals surface area contributed by atoms with Gasteiger partial charge in [-0.3, -0.25) is 0 Å². The van der Waals surface area contributed by atoms with Crippen molar-refractivity contribution in [1.82, 2.24) is 19.5 Å². The number of H-pyrrole nitrogens is 1. The van der Waals surface area contributed by atoms with Gasteiger partial charge < -0.3 is 32.5 Å². The fraction of sp³-hybridized carbons (Fsp3) is 0. The SMILES string of the molecule is Nc1ccccc1-c1c(-c2ccccc2N)c2c(-c3ccccc3N)c3nc(cc4ccc(cc5nc(cc1n2-c1ccccc1N)C=C5)[nH]4)C=C3.[Co]. The quantitative estimate of drug-likeness (QED) is 0.114. The van der Waals surface area contributed by atoms with E-state index >= 15 is 0 Å². The molecule has 0 fully saturated rings. The van der Waals surface area contributed by atoms with Crippen LogP contribution in [-0.2, 0) is 16.8 Å². The van der Waals surface area contributed by atoms with E-state index in [0.717, 1.165) is 83.9 Å². The normalized spacial score (nSPS) is 11.8. The molecule has 5 heterocycles. The van der Waals surface area contributed by atoms with Crippen LogP contribution in [0.25, 0.3) is 85.4 Å². The Kier molecular flexibility index (Phi) is 8.42. The van der Waals surface area contributed by atoms with Crippen molar-refractivity contribution in [2.45, 2.75) is 0 Å². The first-order chi connectivity index (χ1) is 25.4. The number of fused-ring (bicyclic) bond motifs is 8. The number of aromatic nitrogens is 4. The maximum Gasteiger partial charge on any atom is 0.0738 e. The van der Waals surface area contributed by atoms with Gasteiger partial charge in [-0.25, -0.2) is 9.97 Å². The Bertz CT molecular complexity index is 2810. The van der Waals surface area contributed by atoms with Crippen LogP contribution in [-0.4, -0.2) is 19.5 Å². The van der Waals surface area contributed by atoms with Gasteiger partial charge in [0.2, 0.25) is 0 Å². The van der Waals surface area contributed by atoms with Gasteiger partial charge in [0.25, 0.3) is 0 Å². The van der Waals surface area contributed by atoms with Crippen molar-refractivity contribution in [3.8, 4) is 39.1 Å². The summed E-state index contributed by atoms with van der Waals surface area (Å²) in [6.07, 6.45) is 8.09. The Balaban J connectivity index is 0.00000400. The number of nitrogen functional groups attached to an aromatic ring is 4. The van der Waals surface area contributed by atoms with Gasteiger partial charge in [0, 0.05) is 78.3 Å². The summed E-state index contributed by atoms with van der Waals surface area (Å²) in [5.74, 6) is 0. The molecule has 0 atom stereocenters. The number of nitrogens with zero attached hydrogens (tertiary/aromatic N) is 3. The molecular weight excluding hydrogens is 699 g/mol. The van der Waals surface area contributed by atoms with Gasteiger partial charge >= 0.3 is 0 Å². The van der Waals surface area contributed by atoms with Crippen molar-refractivity contribution in [3.63, 3.8) is 0 Å². The van der Waals surface area contributed by atoms with Crippen molar-refractivity contribution in [1.29, 1.82) is 0 Å². The van der Waals surface area contributed by atoms with Gasteiger partial charge in [0.15, 0.2) is 0 Å². The minimum absolute atomic E-state index is 0. The summed E-state index contributed by atoms with van der Waals surface area (Å²) in [5, 5.41) is 0. The molecule has 0 saturated heterocycles. The van der Waals surface area contributed by atoms with Crippen molar-refractivity contribution >= 4 is 69.1 Å². The maximum absolute atomic E-state index is 6.94. The molecule has 8 bridgehead atoms. The molecule has 0 saturated carbocycles. The third-order valence-corrected chi connectivity index (χ3v) is 9.54. The smallest absolute Gasteiger partial charge is 0.0738 e. The summed E-state index contributed by atoms with van der Waals surface area (Å²) in [4.78, 5) is 13.8. The monoisotopic (exact) mass is 733 g/mol. The summed E-state index contributed by atoms with van der Waals surface area (Å²) < 4.78 is 2.19. The number of nitrogens with one attached hydrogen (secondary N) is 1. The van der Waals surface area contributed by atoms with Crippen LogP contribution in [0.4, 0.5) is 22.7 Å². The molecule has 0 aliphatic carbocycles. The largest absolute Gasteiger partial charge is 0.398 e. The van der Waals surface area contributed by atoms with Crippen LogP contribution in [0.1, 0.15) is 22.8 Å². The van der Waals surface area contributed by atoms with Gasteiger partial charge in [0.1, 0.15) is 0 Å². The fourth-order valence-corrected chi connectivity index (χ4v) is 7.21. The van der Waals surface area contributed by atoms with Crippen LogP contribution < -0.4 is 22.9 Å².